The summed E-state index contributed by atoms with van der Waals surface area (Å²) in [5.41, 5.74) is 7.12. The van der Waals surface area contributed by atoms with Gasteiger partial charge in [0.2, 0.25) is 5.91 Å². The molecule has 0 saturated heterocycles. The minimum absolute atomic E-state index is 0.0682. The summed E-state index contributed by atoms with van der Waals surface area (Å²) in [4.78, 5) is 20.3. The fourth-order valence-corrected chi connectivity index (χ4v) is 4.97. The van der Waals surface area contributed by atoms with Crippen molar-refractivity contribution in [1.82, 2.24) is 14.7 Å². The van der Waals surface area contributed by atoms with E-state index in [1.807, 2.05) is 54.9 Å². The number of thiophene rings is 1. The molecule has 0 fully saturated rings. The average molecular weight is 444 g/mol. The van der Waals surface area contributed by atoms with Crippen molar-refractivity contribution in [1.29, 1.82) is 0 Å². The second-order valence-corrected chi connectivity index (χ2v) is 8.45. The van der Waals surface area contributed by atoms with Crippen LogP contribution in [0, 0.1) is 0 Å². The van der Waals surface area contributed by atoms with Crippen molar-refractivity contribution in [3.63, 3.8) is 0 Å². The van der Waals surface area contributed by atoms with Crippen LogP contribution in [-0.4, -0.2) is 33.6 Å². The van der Waals surface area contributed by atoms with Gasteiger partial charge in [0.05, 0.1) is 11.6 Å². The predicted molar refractivity (Wildman–Crippen MR) is 110 cm³/mol. The number of aliphatic imine (C=N–C) groups is 1. The number of halogens is 1. The van der Waals surface area contributed by atoms with Crippen molar-refractivity contribution >= 4 is 39.1 Å². The number of rotatable bonds is 3. The van der Waals surface area contributed by atoms with Crippen molar-refractivity contribution in [3.05, 3.63) is 69.1 Å². The lowest BCUT2D eigenvalue weighted by atomic mass is 9.77. The number of carbonyl (C=O) groups is 1. The molecule has 1 aliphatic rings. The largest absolute Gasteiger partial charge is 0.369 e. The zero-order chi connectivity index (χ0) is 19.2. The van der Waals surface area contributed by atoms with Crippen molar-refractivity contribution in [2.45, 2.75) is 18.4 Å². The van der Waals surface area contributed by atoms with Crippen LogP contribution in [-0.2, 0) is 10.3 Å². The third kappa shape index (κ3) is 2.98. The van der Waals surface area contributed by atoms with Gasteiger partial charge >= 0.3 is 0 Å². The van der Waals surface area contributed by atoms with E-state index in [9.17, 15) is 4.79 Å². The van der Waals surface area contributed by atoms with E-state index in [-0.39, 0.29) is 11.9 Å². The molecular weight excluding hydrogens is 426 g/mol. The lowest BCUT2D eigenvalue weighted by molar-refractivity contribution is -0.130. The number of amides is 1. The maximum atomic E-state index is 13.2. The van der Waals surface area contributed by atoms with Crippen LogP contribution in [0.2, 0.25) is 0 Å². The molecule has 0 saturated carbocycles. The molecule has 1 aliphatic heterocycles. The summed E-state index contributed by atoms with van der Waals surface area (Å²) < 4.78 is 2.75. The number of likely N-dealkylation sites (N-methyl/N-ethyl adjacent to an activating group) is 1. The minimum atomic E-state index is -0.766. The first kappa shape index (κ1) is 17.9. The highest BCUT2D eigenvalue weighted by Gasteiger charge is 2.47. The van der Waals surface area contributed by atoms with Gasteiger partial charge in [-0.15, -0.1) is 11.3 Å². The molecule has 4 rings (SSSR count). The SMILES string of the molecule is CN1C(=O)C(c2ccc(-n3cccn3)cc2)[C@@](C)(c2cc(Br)cs2)N=C1N. The second kappa shape index (κ2) is 6.61. The fourth-order valence-electron chi connectivity index (χ4n) is 3.41. The summed E-state index contributed by atoms with van der Waals surface area (Å²) in [5.74, 6) is -0.301. The van der Waals surface area contributed by atoms with Crippen molar-refractivity contribution in [2.24, 2.45) is 10.7 Å². The smallest absolute Gasteiger partial charge is 0.239 e. The first-order chi connectivity index (χ1) is 12.9. The lowest BCUT2D eigenvalue weighted by Gasteiger charge is -2.40. The maximum absolute atomic E-state index is 13.2. The predicted octanol–water partition coefficient (Wildman–Crippen LogP) is 3.48. The molecule has 0 bridgehead atoms. The molecule has 138 valence electrons. The average Bonchev–Trinajstić information content (AvgIpc) is 3.32. The van der Waals surface area contributed by atoms with Gasteiger partial charge in [-0.25, -0.2) is 9.67 Å². The second-order valence-electron chi connectivity index (χ2n) is 6.62. The van der Waals surface area contributed by atoms with Gasteiger partial charge in [0.1, 0.15) is 5.54 Å². The first-order valence-corrected chi connectivity index (χ1v) is 10.0. The Morgan fingerprint density at radius 3 is 2.63 bits per heavy atom. The number of aromatic nitrogens is 2. The number of carbonyl (C=O) groups excluding carboxylic acids is 1. The third-order valence-corrected chi connectivity index (χ3v) is 6.81. The van der Waals surface area contributed by atoms with Crippen LogP contribution in [0.1, 0.15) is 23.3 Å². The van der Waals surface area contributed by atoms with E-state index in [0.717, 1.165) is 20.6 Å². The standard InChI is InChI=1S/C19H18BrN5OS/c1-19(15-10-13(20)11-27-15)16(17(26)24(2)18(21)23-19)12-4-6-14(7-5-12)25-9-3-8-22-25/h3-11,16H,1-2H3,(H2,21,23)/t16?,19-/m1/s1. The zero-order valence-electron chi connectivity index (χ0n) is 14.8. The Morgan fingerprint density at radius 1 is 1.30 bits per heavy atom. The van der Waals surface area contributed by atoms with Crippen LogP contribution in [0.4, 0.5) is 0 Å². The monoisotopic (exact) mass is 443 g/mol. The Kier molecular flexibility index (Phi) is 4.39. The number of hydrogen-bond acceptors (Lipinski definition) is 5. The minimum Gasteiger partial charge on any atom is -0.369 e. The summed E-state index contributed by atoms with van der Waals surface area (Å²) in [5, 5.41) is 6.24. The van der Waals surface area contributed by atoms with Crippen molar-refractivity contribution in [2.75, 3.05) is 7.05 Å². The summed E-state index contributed by atoms with van der Waals surface area (Å²) in [7, 11) is 1.66. The van der Waals surface area contributed by atoms with Crippen LogP contribution in [0.3, 0.4) is 0 Å². The molecule has 0 spiro atoms. The number of hydrogen-bond donors (Lipinski definition) is 1. The van der Waals surface area contributed by atoms with Crippen LogP contribution in [0.25, 0.3) is 5.69 Å². The topological polar surface area (TPSA) is 76.5 Å². The summed E-state index contributed by atoms with van der Waals surface area (Å²) >= 11 is 5.06. The molecule has 0 aliphatic carbocycles. The van der Waals surface area contributed by atoms with E-state index in [1.54, 1.807) is 29.3 Å². The highest BCUT2D eigenvalue weighted by Crippen LogP contribution is 2.46. The number of nitrogens with zero attached hydrogens (tertiary/aromatic N) is 4. The molecule has 2 N–H and O–H groups in total. The molecule has 3 aromatic rings. The highest BCUT2D eigenvalue weighted by atomic mass is 79.9. The van der Waals surface area contributed by atoms with Gasteiger partial charge in [-0.3, -0.25) is 9.69 Å². The van der Waals surface area contributed by atoms with Crippen LogP contribution >= 0.6 is 27.3 Å². The highest BCUT2D eigenvalue weighted by molar-refractivity contribution is 9.10. The van der Waals surface area contributed by atoms with Gasteiger partial charge in [-0.1, -0.05) is 12.1 Å². The van der Waals surface area contributed by atoms with E-state index in [2.05, 4.69) is 21.0 Å². The van der Waals surface area contributed by atoms with Crippen molar-refractivity contribution < 1.29 is 4.79 Å². The van der Waals surface area contributed by atoms with Gasteiger partial charge < -0.3 is 5.73 Å². The van der Waals surface area contributed by atoms with Crippen molar-refractivity contribution in [3.8, 4) is 5.69 Å². The third-order valence-electron chi connectivity index (χ3n) is 4.89. The molecule has 2 aromatic heterocycles. The Labute approximate surface area is 169 Å². The van der Waals surface area contributed by atoms with Gasteiger partial charge in [0, 0.05) is 34.2 Å². The number of nitrogens with two attached hydrogens (primary N) is 1. The van der Waals surface area contributed by atoms with Gasteiger partial charge in [-0.2, -0.15) is 5.10 Å². The Hall–Kier alpha value is -2.45. The normalized spacial score (nSPS) is 22.8. The first-order valence-electron chi connectivity index (χ1n) is 8.37. The van der Waals surface area contributed by atoms with Crippen LogP contribution in [0.5, 0.6) is 0 Å². The van der Waals surface area contributed by atoms with Crippen LogP contribution < -0.4 is 5.73 Å². The molecule has 8 heteroatoms. The van der Waals surface area contributed by atoms with E-state index in [4.69, 9.17) is 10.7 Å². The molecule has 6 nitrogen and oxygen atoms in total. The lowest BCUT2D eigenvalue weighted by Crippen LogP contribution is -2.52. The Morgan fingerprint density at radius 2 is 2.04 bits per heavy atom. The van der Waals surface area contributed by atoms with Gasteiger partial charge in [0.25, 0.3) is 0 Å². The molecule has 1 aromatic carbocycles. The summed E-state index contributed by atoms with van der Waals surface area (Å²) in [6, 6.07) is 11.7. The maximum Gasteiger partial charge on any atom is 0.239 e. The van der Waals surface area contributed by atoms with Gasteiger partial charge in [0.15, 0.2) is 5.96 Å². The fraction of sp³-hybridized carbons (Fsp3) is 0.211. The van der Waals surface area contributed by atoms with E-state index in [1.165, 1.54) is 4.90 Å². The quantitative estimate of drug-likeness (QED) is 0.672. The van der Waals surface area contributed by atoms with E-state index >= 15 is 0 Å². The Bertz CT molecular complexity index is 1010. The van der Waals surface area contributed by atoms with E-state index < -0.39 is 11.5 Å². The molecule has 1 unspecified atom stereocenters. The molecule has 0 radical (unpaired) electrons. The molecule has 3 heterocycles. The van der Waals surface area contributed by atoms with Gasteiger partial charge in [-0.05, 0) is 52.7 Å². The van der Waals surface area contributed by atoms with Crippen LogP contribution in [0.15, 0.2) is 63.6 Å². The summed E-state index contributed by atoms with van der Waals surface area (Å²) in [6.45, 7) is 1.97. The molecule has 2 atom stereocenters. The summed E-state index contributed by atoms with van der Waals surface area (Å²) in [6.07, 6.45) is 3.61. The molecular formula is C19H18BrN5OS. The number of guanidine groups is 1. The molecule has 1 amide bonds. The Balaban J connectivity index is 1.81. The zero-order valence-corrected chi connectivity index (χ0v) is 17.2. The number of benzene rings is 1. The van der Waals surface area contributed by atoms with E-state index in [0.29, 0.717) is 0 Å². The molecule has 27 heavy (non-hydrogen) atoms.